The minimum absolute atomic E-state index is 0.107. The Morgan fingerprint density at radius 2 is 2.00 bits per heavy atom. The van der Waals surface area contributed by atoms with Gasteiger partial charge in [0.25, 0.3) is 0 Å². The second kappa shape index (κ2) is 4.22. The first-order chi connectivity index (χ1) is 8.29. The molecule has 0 saturated heterocycles. The van der Waals surface area contributed by atoms with Crippen molar-refractivity contribution in [2.24, 2.45) is 0 Å². The number of benzene rings is 1. The second-order valence-electron chi connectivity index (χ2n) is 3.76. The van der Waals surface area contributed by atoms with Crippen molar-refractivity contribution in [3.63, 3.8) is 0 Å². The lowest BCUT2D eigenvalue weighted by Crippen LogP contribution is -2.01. The van der Waals surface area contributed by atoms with Crippen LogP contribution in [-0.4, -0.2) is 30.7 Å². The molecule has 0 aliphatic rings. The number of rotatable bonds is 2. The van der Waals surface area contributed by atoms with Crippen molar-refractivity contribution in [3.8, 4) is 0 Å². The maximum atomic E-state index is 11.4. The minimum atomic E-state index is -3.35. The summed E-state index contributed by atoms with van der Waals surface area (Å²) in [6.07, 6.45) is 1.08. The van der Waals surface area contributed by atoms with Crippen LogP contribution >= 0.6 is 11.6 Å². The van der Waals surface area contributed by atoms with Crippen LogP contribution in [0.2, 0.25) is 5.15 Å². The molecule has 0 aliphatic carbocycles. The predicted octanol–water partition coefficient (Wildman–Crippen LogP) is 1.99. The zero-order chi connectivity index (χ0) is 13.5. The SMILES string of the molecule is CS(=O)(=O)c1ccc2nc(Cl)c(C(=O)O)cc2c1. The van der Waals surface area contributed by atoms with Crippen LogP contribution in [0.15, 0.2) is 29.2 Å². The smallest absolute Gasteiger partial charge is 0.338 e. The molecule has 18 heavy (non-hydrogen) atoms. The molecule has 1 aromatic heterocycles. The van der Waals surface area contributed by atoms with Gasteiger partial charge in [-0.15, -0.1) is 0 Å². The molecule has 1 heterocycles. The van der Waals surface area contributed by atoms with Crippen LogP contribution in [-0.2, 0) is 9.84 Å². The summed E-state index contributed by atoms with van der Waals surface area (Å²) >= 11 is 5.72. The summed E-state index contributed by atoms with van der Waals surface area (Å²) in [5.41, 5.74) is 0.284. The van der Waals surface area contributed by atoms with Gasteiger partial charge in [0.05, 0.1) is 16.0 Å². The Morgan fingerprint density at radius 3 is 2.56 bits per heavy atom. The van der Waals surface area contributed by atoms with E-state index >= 15 is 0 Å². The number of sulfone groups is 1. The second-order valence-corrected chi connectivity index (χ2v) is 6.13. The number of carbonyl (C=O) groups is 1. The summed E-state index contributed by atoms with van der Waals surface area (Å²) in [5.74, 6) is -1.21. The Labute approximate surface area is 108 Å². The topological polar surface area (TPSA) is 84.3 Å². The maximum absolute atomic E-state index is 11.4. The van der Waals surface area contributed by atoms with Gasteiger partial charge in [-0.3, -0.25) is 0 Å². The monoisotopic (exact) mass is 285 g/mol. The van der Waals surface area contributed by atoms with E-state index in [4.69, 9.17) is 16.7 Å². The number of fused-ring (bicyclic) bond motifs is 1. The van der Waals surface area contributed by atoms with E-state index in [1.165, 1.54) is 24.3 Å². The van der Waals surface area contributed by atoms with Gasteiger partial charge in [-0.05, 0) is 24.3 Å². The van der Waals surface area contributed by atoms with Gasteiger partial charge < -0.3 is 5.11 Å². The molecule has 1 aromatic carbocycles. The molecule has 94 valence electrons. The van der Waals surface area contributed by atoms with Crippen LogP contribution in [0.1, 0.15) is 10.4 Å². The van der Waals surface area contributed by atoms with Crippen molar-refractivity contribution in [2.75, 3.05) is 6.26 Å². The van der Waals surface area contributed by atoms with Crippen LogP contribution in [0, 0.1) is 0 Å². The lowest BCUT2D eigenvalue weighted by atomic mass is 10.1. The fourth-order valence-electron chi connectivity index (χ4n) is 1.51. The standard InChI is InChI=1S/C11H8ClNO4S/c1-18(16,17)7-2-3-9-6(4-7)5-8(11(14)15)10(12)13-9/h2-5H,1H3,(H,14,15). The highest BCUT2D eigenvalue weighted by molar-refractivity contribution is 7.90. The van der Waals surface area contributed by atoms with Crippen LogP contribution in [0.5, 0.6) is 0 Å². The molecular formula is C11H8ClNO4S. The van der Waals surface area contributed by atoms with Crippen molar-refractivity contribution < 1.29 is 18.3 Å². The molecule has 0 atom stereocenters. The molecule has 5 nitrogen and oxygen atoms in total. The summed E-state index contributed by atoms with van der Waals surface area (Å²) in [6.45, 7) is 0. The Hall–Kier alpha value is -1.66. The number of aromatic carboxylic acids is 1. The Bertz CT molecular complexity index is 755. The van der Waals surface area contributed by atoms with Gasteiger partial charge in [-0.25, -0.2) is 18.2 Å². The largest absolute Gasteiger partial charge is 0.478 e. The Kier molecular flexibility index (Phi) is 3.00. The van der Waals surface area contributed by atoms with E-state index in [1.54, 1.807) is 0 Å². The molecular weight excluding hydrogens is 278 g/mol. The molecule has 0 aliphatic heterocycles. The summed E-state index contributed by atoms with van der Waals surface area (Å²) in [5, 5.41) is 9.20. The third-order valence-corrected chi connectivity index (χ3v) is 3.80. The number of halogens is 1. The van der Waals surface area contributed by atoms with Gasteiger partial charge in [-0.2, -0.15) is 0 Å². The fourth-order valence-corrected chi connectivity index (χ4v) is 2.39. The van der Waals surface area contributed by atoms with E-state index in [-0.39, 0.29) is 15.6 Å². The van der Waals surface area contributed by atoms with E-state index in [0.29, 0.717) is 10.9 Å². The van der Waals surface area contributed by atoms with Gasteiger partial charge in [0.2, 0.25) is 0 Å². The number of hydrogen-bond acceptors (Lipinski definition) is 4. The van der Waals surface area contributed by atoms with Gasteiger partial charge >= 0.3 is 5.97 Å². The summed E-state index contributed by atoms with van der Waals surface area (Å²) in [4.78, 5) is 14.9. The van der Waals surface area contributed by atoms with Crippen molar-refractivity contribution in [1.29, 1.82) is 0 Å². The van der Waals surface area contributed by atoms with Crippen LogP contribution in [0.25, 0.3) is 10.9 Å². The average Bonchev–Trinajstić information content (AvgIpc) is 2.25. The number of carboxylic acid groups (broad SMARTS) is 1. The molecule has 0 fully saturated rings. The van der Waals surface area contributed by atoms with Gasteiger partial charge in [0.15, 0.2) is 9.84 Å². The van der Waals surface area contributed by atoms with E-state index in [1.807, 2.05) is 0 Å². The highest BCUT2D eigenvalue weighted by atomic mass is 35.5. The number of aromatic nitrogens is 1. The first-order valence-corrected chi connectivity index (χ1v) is 7.09. The number of pyridine rings is 1. The predicted molar refractivity (Wildman–Crippen MR) is 66.8 cm³/mol. The molecule has 0 bridgehead atoms. The third-order valence-electron chi connectivity index (χ3n) is 2.40. The van der Waals surface area contributed by atoms with Gasteiger partial charge in [0.1, 0.15) is 5.15 Å². The van der Waals surface area contributed by atoms with Gasteiger partial charge in [-0.1, -0.05) is 11.6 Å². The van der Waals surface area contributed by atoms with E-state index in [9.17, 15) is 13.2 Å². The van der Waals surface area contributed by atoms with Gasteiger partial charge in [0, 0.05) is 11.6 Å². The molecule has 1 N–H and O–H groups in total. The Balaban J connectivity index is 2.77. The van der Waals surface area contributed by atoms with Crippen molar-refractivity contribution >= 4 is 38.3 Å². The molecule has 0 saturated carbocycles. The van der Waals surface area contributed by atoms with E-state index in [2.05, 4.69) is 4.98 Å². The van der Waals surface area contributed by atoms with Crippen molar-refractivity contribution in [2.45, 2.75) is 4.90 Å². The summed E-state index contributed by atoms with van der Waals surface area (Å²) in [6, 6.07) is 5.58. The Morgan fingerprint density at radius 1 is 1.33 bits per heavy atom. The first-order valence-electron chi connectivity index (χ1n) is 4.83. The number of nitrogens with zero attached hydrogens (tertiary/aromatic N) is 1. The molecule has 2 rings (SSSR count). The molecule has 7 heteroatoms. The molecule has 0 unspecified atom stereocenters. The zero-order valence-corrected chi connectivity index (χ0v) is 10.8. The summed E-state index contributed by atoms with van der Waals surface area (Å²) in [7, 11) is -3.35. The first kappa shape index (κ1) is 12.8. The molecule has 2 aromatic rings. The minimum Gasteiger partial charge on any atom is -0.478 e. The number of carboxylic acids is 1. The van der Waals surface area contributed by atoms with E-state index in [0.717, 1.165) is 6.26 Å². The van der Waals surface area contributed by atoms with E-state index < -0.39 is 15.8 Å². The highest BCUT2D eigenvalue weighted by Gasteiger charge is 2.13. The molecule has 0 amide bonds. The third kappa shape index (κ3) is 2.30. The molecule has 0 radical (unpaired) electrons. The van der Waals surface area contributed by atoms with Crippen LogP contribution < -0.4 is 0 Å². The van der Waals surface area contributed by atoms with Crippen molar-refractivity contribution in [1.82, 2.24) is 4.98 Å². The average molecular weight is 286 g/mol. The van der Waals surface area contributed by atoms with Crippen LogP contribution in [0.4, 0.5) is 0 Å². The normalized spacial score (nSPS) is 11.7. The quantitative estimate of drug-likeness (QED) is 0.853. The summed E-state index contributed by atoms with van der Waals surface area (Å²) < 4.78 is 22.8. The van der Waals surface area contributed by atoms with Crippen LogP contribution in [0.3, 0.4) is 0 Å². The highest BCUT2D eigenvalue weighted by Crippen LogP contribution is 2.23. The molecule has 0 spiro atoms. The van der Waals surface area contributed by atoms with Crippen molar-refractivity contribution in [3.05, 3.63) is 35.0 Å². The zero-order valence-electron chi connectivity index (χ0n) is 9.21. The lowest BCUT2D eigenvalue weighted by Gasteiger charge is -2.04. The fraction of sp³-hybridized carbons (Fsp3) is 0.0909. The maximum Gasteiger partial charge on any atom is 0.338 e. The lowest BCUT2D eigenvalue weighted by molar-refractivity contribution is 0.0697. The number of hydrogen-bond donors (Lipinski definition) is 1.